The second-order valence-corrected chi connectivity index (χ2v) is 12.8. The Morgan fingerprint density at radius 1 is 1.18 bits per heavy atom. The van der Waals surface area contributed by atoms with E-state index >= 15 is 0 Å². The molecular formula is C28H40N4O6S2. The van der Waals surface area contributed by atoms with E-state index in [1.54, 1.807) is 30.4 Å². The summed E-state index contributed by atoms with van der Waals surface area (Å²) in [5.41, 5.74) is 0.166. The zero-order valence-corrected chi connectivity index (χ0v) is 25.4. The largest absolute Gasteiger partial charge is 0.481 e. The van der Waals surface area contributed by atoms with E-state index in [9.17, 15) is 24.3 Å². The van der Waals surface area contributed by atoms with Crippen LogP contribution in [0.25, 0.3) is 0 Å². The van der Waals surface area contributed by atoms with Crippen LogP contribution in [0.2, 0.25) is 0 Å². The van der Waals surface area contributed by atoms with Gasteiger partial charge in [0, 0.05) is 62.3 Å². The van der Waals surface area contributed by atoms with Gasteiger partial charge in [-0.2, -0.15) is 0 Å². The Labute approximate surface area is 243 Å². The Morgan fingerprint density at radius 3 is 2.48 bits per heavy atom. The lowest BCUT2D eigenvalue weighted by Crippen LogP contribution is -2.41. The summed E-state index contributed by atoms with van der Waals surface area (Å²) in [6.45, 7) is 6.99. The number of aliphatic carboxylic acids is 1. The fourth-order valence-electron chi connectivity index (χ4n) is 4.68. The first kappa shape index (κ1) is 31.7. The van der Waals surface area contributed by atoms with Crippen LogP contribution in [0.5, 0.6) is 0 Å². The fraction of sp³-hybridized carbons (Fsp3) is 0.643. The maximum absolute atomic E-state index is 13.2. The van der Waals surface area contributed by atoms with Crippen LogP contribution in [0.15, 0.2) is 17.0 Å². The highest BCUT2D eigenvalue weighted by Crippen LogP contribution is 2.34. The quantitative estimate of drug-likeness (QED) is 0.267. The molecule has 3 rings (SSSR count). The molecule has 0 spiro atoms. The standard InChI is InChI=1S/C28H40N4O6S2/c1-16(2)22(32(5)25(34)9-8-19-6-7-19)14-23(38-18(4)33)27-31-21(15-40-27)26(35)30-20(12-17(3)28(36)37)13-24-29-10-11-39-24/h10-11,15-17,19-20,22-23H,6-9,12-14H2,1-5H3,(H,30,35)(H,36,37)/t17-,20?,22?,23+/m0/s1. The maximum Gasteiger partial charge on any atom is 0.306 e. The molecule has 1 saturated carbocycles. The molecule has 2 heterocycles. The number of nitrogens with one attached hydrogen (secondary N) is 1. The van der Waals surface area contributed by atoms with Crippen LogP contribution in [0, 0.1) is 17.8 Å². The summed E-state index contributed by atoms with van der Waals surface area (Å²) in [6, 6.07) is -0.628. The second-order valence-electron chi connectivity index (χ2n) is 11.0. The van der Waals surface area contributed by atoms with Gasteiger partial charge in [-0.1, -0.05) is 33.6 Å². The Balaban J connectivity index is 1.72. The zero-order valence-electron chi connectivity index (χ0n) is 23.8. The average Bonchev–Trinajstić information content (AvgIpc) is 3.33. The summed E-state index contributed by atoms with van der Waals surface area (Å²) in [7, 11) is 1.80. The molecule has 40 heavy (non-hydrogen) atoms. The molecule has 0 bridgehead atoms. The molecule has 2 N–H and O–H groups in total. The number of aromatic nitrogens is 2. The number of carbonyl (C=O) groups excluding carboxylic acids is 3. The predicted molar refractivity (Wildman–Crippen MR) is 153 cm³/mol. The number of amides is 2. The van der Waals surface area contributed by atoms with Gasteiger partial charge in [0.1, 0.15) is 10.7 Å². The van der Waals surface area contributed by atoms with E-state index < -0.39 is 35.9 Å². The molecule has 220 valence electrons. The van der Waals surface area contributed by atoms with Gasteiger partial charge in [0.05, 0.1) is 10.9 Å². The van der Waals surface area contributed by atoms with Crippen LogP contribution in [0.4, 0.5) is 0 Å². The van der Waals surface area contributed by atoms with Crippen LogP contribution in [0.3, 0.4) is 0 Å². The molecule has 12 heteroatoms. The zero-order chi connectivity index (χ0) is 29.4. The fourth-order valence-corrected chi connectivity index (χ4v) is 6.21. The van der Waals surface area contributed by atoms with Crippen molar-refractivity contribution >= 4 is 46.4 Å². The molecule has 2 aromatic rings. The maximum atomic E-state index is 13.2. The van der Waals surface area contributed by atoms with Gasteiger partial charge in [-0.05, 0) is 24.7 Å². The molecule has 2 amide bonds. The van der Waals surface area contributed by atoms with Gasteiger partial charge in [0.15, 0.2) is 6.10 Å². The molecule has 4 atom stereocenters. The monoisotopic (exact) mass is 592 g/mol. The number of carboxylic acids is 1. The van der Waals surface area contributed by atoms with E-state index in [1.165, 1.54) is 42.4 Å². The van der Waals surface area contributed by atoms with Crippen molar-refractivity contribution in [1.82, 2.24) is 20.2 Å². The van der Waals surface area contributed by atoms with Gasteiger partial charge in [-0.3, -0.25) is 19.2 Å². The highest BCUT2D eigenvalue weighted by molar-refractivity contribution is 7.10. The molecule has 1 aliphatic carbocycles. The summed E-state index contributed by atoms with van der Waals surface area (Å²) < 4.78 is 5.65. The van der Waals surface area contributed by atoms with E-state index in [-0.39, 0.29) is 30.0 Å². The molecule has 2 unspecified atom stereocenters. The van der Waals surface area contributed by atoms with Gasteiger partial charge >= 0.3 is 11.9 Å². The first-order chi connectivity index (χ1) is 18.9. The number of carbonyl (C=O) groups is 4. The van der Waals surface area contributed by atoms with Crippen LogP contribution in [-0.2, 0) is 25.5 Å². The molecule has 1 aliphatic rings. The summed E-state index contributed by atoms with van der Waals surface area (Å²) in [5, 5.41) is 17.0. The first-order valence-electron chi connectivity index (χ1n) is 13.7. The van der Waals surface area contributed by atoms with Crippen LogP contribution in [-0.4, -0.2) is 62.9 Å². The third-order valence-electron chi connectivity index (χ3n) is 7.22. The van der Waals surface area contributed by atoms with Crippen LogP contribution < -0.4 is 5.32 Å². The van der Waals surface area contributed by atoms with Crippen molar-refractivity contribution in [1.29, 1.82) is 0 Å². The Hall–Kier alpha value is -2.86. The molecule has 0 radical (unpaired) electrons. The normalized spacial score (nSPS) is 16.1. The highest BCUT2D eigenvalue weighted by atomic mass is 32.1. The predicted octanol–water partition coefficient (Wildman–Crippen LogP) is 4.72. The topological polar surface area (TPSA) is 139 Å². The minimum absolute atomic E-state index is 0.0771. The van der Waals surface area contributed by atoms with E-state index in [0.29, 0.717) is 30.2 Å². The third kappa shape index (κ3) is 9.65. The van der Waals surface area contributed by atoms with Crippen molar-refractivity contribution in [3.63, 3.8) is 0 Å². The van der Waals surface area contributed by atoms with E-state index in [2.05, 4.69) is 15.3 Å². The van der Waals surface area contributed by atoms with E-state index in [0.717, 1.165) is 11.4 Å². The lowest BCUT2D eigenvalue weighted by molar-refractivity contribution is -0.148. The molecule has 0 aromatic carbocycles. The minimum atomic E-state index is -0.936. The molecule has 10 nitrogen and oxygen atoms in total. The lowest BCUT2D eigenvalue weighted by atomic mass is 9.96. The van der Waals surface area contributed by atoms with Crippen molar-refractivity contribution in [2.24, 2.45) is 17.8 Å². The molecule has 2 aromatic heterocycles. The number of esters is 1. The van der Waals surface area contributed by atoms with Gasteiger partial charge in [0.25, 0.3) is 5.91 Å². The molecule has 0 saturated heterocycles. The number of ether oxygens (including phenoxy) is 1. The number of hydrogen-bond donors (Lipinski definition) is 2. The van der Waals surface area contributed by atoms with Crippen LogP contribution >= 0.6 is 22.7 Å². The number of nitrogens with zero attached hydrogens (tertiary/aromatic N) is 3. The number of carboxylic acid groups (broad SMARTS) is 1. The van der Waals surface area contributed by atoms with Crippen molar-refractivity contribution in [3.05, 3.63) is 32.7 Å². The van der Waals surface area contributed by atoms with Gasteiger partial charge in [-0.25, -0.2) is 9.97 Å². The van der Waals surface area contributed by atoms with Crippen LogP contribution in [0.1, 0.15) is 92.8 Å². The van der Waals surface area contributed by atoms with Gasteiger partial charge in [-0.15, -0.1) is 22.7 Å². The summed E-state index contributed by atoms with van der Waals surface area (Å²) in [5.74, 6) is -1.64. The van der Waals surface area contributed by atoms with Crippen molar-refractivity contribution < 1.29 is 29.0 Å². The molecular weight excluding hydrogens is 552 g/mol. The van der Waals surface area contributed by atoms with Crippen molar-refractivity contribution in [2.45, 2.75) is 90.8 Å². The van der Waals surface area contributed by atoms with Crippen molar-refractivity contribution in [2.75, 3.05) is 7.05 Å². The van der Waals surface area contributed by atoms with E-state index in [1.807, 2.05) is 19.2 Å². The van der Waals surface area contributed by atoms with Crippen molar-refractivity contribution in [3.8, 4) is 0 Å². The Bertz CT molecular complexity index is 1150. The number of thiazole rings is 2. The smallest absolute Gasteiger partial charge is 0.306 e. The highest BCUT2D eigenvalue weighted by Gasteiger charge is 2.32. The molecule has 0 aliphatic heterocycles. The Morgan fingerprint density at radius 2 is 1.90 bits per heavy atom. The average molecular weight is 593 g/mol. The SMILES string of the molecule is CC(=O)O[C@H](CC(C(C)C)N(C)C(=O)CCC1CC1)c1nc(C(=O)NC(Cc2nccs2)C[C@H](C)C(=O)O)cs1. The summed E-state index contributed by atoms with van der Waals surface area (Å²) in [4.78, 5) is 60.1. The van der Waals surface area contributed by atoms with Gasteiger partial charge < -0.3 is 20.1 Å². The first-order valence-corrected chi connectivity index (χ1v) is 15.5. The number of hydrogen-bond acceptors (Lipinski definition) is 9. The van der Waals surface area contributed by atoms with E-state index in [4.69, 9.17) is 4.74 Å². The second kappa shape index (κ2) is 14.7. The molecule has 1 fully saturated rings. The summed E-state index contributed by atoms with van der Waals surface area (Å²) >= 11 is 2.66. The van der Waals surface area contributed by atoms with Gasteiger partial charge in [0.2, 0.25) is 5.91 Å². The number of rotatable bonds is 16. The Kier molecular flexibility index (Phi) is 11.6. The third-order valence-corrected chi connectivity index (χ3v) is 8.96. The summed E-state index contributed by atoms with van der Waals surface area (Å²) in [6.07, 6.45) is 5.77. The lowest BCUT2D eigenvalue weighted by Gasteiger charge is -2.33. The minimum Gasteiger partial charge on any atom is -0.481 e.